The van der Waals surface area contributed by atoms with Gasteiger partial charge in [-0.15, -0.1) is 0 Å². The van der Waals surface area contributed by atoms with Crippen molar-refractivity contribution in [2.45, 2.75) is 0 Å². The third kappa shape index (κ3) is 16.4. The van der Waals surface area contributed by atoms with E-state index in [0.29, 0.717) is 17.5 Å². The lowest BCUT2D eigenvalue weighted by Crippen LogP contribution is -1.97. The normalized spacial score (nSPS) is 11.4. The van der Waals surface area contributed by atoms with E-state index in [1.807, 2.05) is 140 Å². The van der Waals surface area contributed by atoms with Crippen molar-refractivity contribution in [1.82, 2.24) is 59.8 Å². The highest BCUT2D eigenvalue weighted by Crippen LogP contribution is 2.48. The number of rotatable bonds is 14. The zero-order valence-corrected chi connectivity index (χ0v) is 78.9. The molecule has 0 spiro atoms. The van der Waals surface area contributed by atoms with Gasteiger partial charge in [0.05, 0.1) is 89.5 Å². The summed E-state index contributed by atoms with van der Waals surface area (Å²) in [5.74, 6) is 2.07. The maximum Gasteiger partial charge on any atom is 0.161 e. The maximum absolute atomic E-state index is 5.26. The first-order chi connectivity index (χ1) is 72.4. The number of aromatic nitrogens is 12. The van der Waals surface area contributed by atoms with Crippen molar-refractivity contribution in [3.63, 3.8) is 0 Å². The number of fused-ring (bicyclic) bond motifs is 14. The standard InChI is InChI=1S/C48H30N4.C44H28N4.C42H26N4/c1-3-12-31(13-4-1)32-21-23-34(24-22-32)44-30-43(33-14-5-2-6-15-33)51-48(52-44)39-28-27-38(36-17-7-8-18-37(36)39)45-40-19-9-10-20-42(40)50-47-41(45)26-25-35-16-11-29-49-46(35)47;1-4-12-29(13-5-1)37-27-25-33-24-26-36-41(35-18-10-11-19-38(35)46-43(36)42(33)45-37)32-20-22-34(23-21-32)44-47-39(30-14-6-2-7-15-30)28-40(48-44)31-16-8-3-9-17-31;1-3-12-27(13-4-1)37-26-38(28-14-5-2-6-15-28)46-42(45-37)33-24-23-32(30-17-7-8-18-31(30)33)39-34-19-9-10-20-36(34)44-41-35(39)22-21-29-16-11-25-43-40(29)41/h1-30H;1-28H;1-26H. The molecule has 0 saturated heterocycles. The number of benzene rings is 19. The SMILES string of the molecule is c1ccc(-c2cc(-c3ccccc3)nc(-c3ccc(-c4c5ccccc5nc5c4ccc4ccc(-c6ccccc6)nc45)cc3)n2)cc1.c1ccc(-c2cc(-c3ccccc3)nc(-c3ccc(-c4c5ccccc5nc5c4ccc4cccnc45)c4ccccc34)n2)cc1.c1ccc(-c2ccc(-c3cc(-c4ccccc4)nc(-c4ccc(-c5c6ccccc6nc6c5ccc5cccnc56)c5ccccc45)n3)cc2)cc1. The second kappa shape index (κ2) is 37.7. The van der Waals surface area contributed by atoms with Crippen LogP contribution in [-0.4, -0.2) is 59.8 Å². The zero-order valence-electron chi connectivity index (χ0n) is 78.9. The molecule has 0 radical (unpaired) electrons. The lowest BCUT2D eigenvalue weighted by Gasteiger charge is -2.17. The summed E-state index contributed by atoms with van der Waals surface area (Å²) in [6.07, 6.45) is 3.69. The Morgan fingerprint density at radius 1 is 0.123 bits per heavy atom. The quantitative estimate of drug-likeness (QED) is 0.0752. The Balaban J connectivity index is 0.000000111. The molecule has 0 amide bonds. The fourth-order valence-electron chi connectivity index (χ4n) is 20.5. The molecule has 0 aliphatic heterocycles. The van der Waals surface area contributed by atoms with E-state index in [1.54, 1.807) is 0 Å². The Morgan fingerprint density at radius 2 is 0.384 bits per heavy atom. The molecule has 12 heteroatoms. The molecule has 0 N–H and O–H groups in total. The molecule has 0 aliphatic rings. The van der Waals surface area contributed by atoms with Crippen LogP contribution in [0.2, 0.25) is 0 Å². The van der Waals surface area contributed by atoms with Gasteiger partial charge in [0.15, 0.2) is 17.5 Å². The Labute approximate surface area is 840 Å². The summed E-state index contributed by atoms with van der Waals surface area (Å²) < 4.78 is 0. The summed E-state index contributed by atoms with van der Waals surface area (Å²) in [5, 5.41) is 14.2. The number of nitrogens with zero attached hydrogens (tertiary/aromatic N) is 12. The highest BCUT2D eigenvalue weighted by atomic mass is 14.9. The van der Waals surface area contributed by atoms with E-state index >= 15 is 0 Å². The van der Waals surface area contributed by atoms with Crippen LogP contribution in [0.1, 0.15) is 0 Å². The smallest absolute Gasteiger partial charge is 0.161 e. The van der Waals surface area contributed by atoms with Crippen molar-refractivity contribution in [2.75, 3.05) is 0 Å². The summed E-state index contributed by atoms with van der Waals surface area (Å²) in [7, 11) is 0. The molecular weight excluding hydrogens is 1780 g/mol. The van der Waals surface area contributed by atoms with Gasteiger partial charge in [0.1, 0.15) is 0 Å². The molecule has 9 heterocycles. The first kappa shape index (κ1) is 86.5. The molecule has 680 valence electrons. The minimum absolute atomic E-state index is 0.686. The van der Waals surface area contributed by atoms with Gasteiger partial charge in [-0.2, -0.15) is 0 Å². The molecule has 0 aliphatic carbocycles. The third-order valence-electron chi connectivity index (χ3n) is 27.5. The van der Waals surface area contributed by atoms with Gasteiger partial charge in [-0.1, -0.05) is 431 Å². The van der Waals surface area contributed by atoms with E-state index in [0.717, 1.165) is 249 Å². The predicted octanol–water partition coefficient (Wildman–Crippen LogP) is 33.8. The predicted molar refractivity (Wildman–Crippen MR) is 602 cm³/mol. The summed E-state index contributed by atoms with van der Waals surface area (Å²) >= 11 is 0. The molecule has 9 aromatic heterocycles. The van der Waals surface area contributed by atoms with Crippen LogP contribution >= 0.6 is 0 Å². The van der Waals surface area contributed by atoms with Crippen LogP contribution in [0.15, 0.2) is 510 Å². The van der Waals surface area contributed by atoms with Crippen molar-refractivity contribution >= 4 is 120 Å². The van der Waals surface area contributed by atoms with Gasteiger partial charge in [0.25, 0.3) is 0 Å². The molecule has 12 nitrogen and oxygen atoms in total. The number of para-hydroxylation sites is 3. The molecule has 19 aromatic carbocycles. The first-order valence-electron chi connectivity index (χ1n) is 48.9. The molecule has 0 fully saturated rings. The second-order valence-electron chi connectivity index (χ2n) is 36.3. The van der Waals surface area contributed by atoms with E-state index in [4.69, 9.17) is 59.8 Å². The van der Waals surface area contributed by atoms with Crippen molar-refractivity contribution < 1.29 is 0 Å². The van der Waals surface area contributed by atoms with Crippen LogP contribution in [-0.2, 0) is 0 Å². The Kier molecular flexibility index (Phi) is 22.4. The second-order valence-corrected chi connectivity index (χ2v) is 36.3. The molecule has 146 heavy (non-hydrogen) atoms. The summed E-state index contributed by atoms with van der Waals surface area (Å²) in [5.41, 5.74) is 34.0. The number of hydrogen-bond donors (Lipinski definition) is 0. The Morgan fingerprint density at radius 3 is 0.767 bits per heavy atom. The van der Waals surface area contributed by atoms with Gasteiger partial charge in [-0.25, -0.2) is 49.8 Å². The Bertz CT molecular complexity index is 9790. The van der Waals surface area contributed by atoms with Crippen LogP contribution in [0.5, 0.6) is 0 Å². The monoisotopic (exact) mass is 1860 g/mol. The first-order valence-corrected chi connectivity index (χ1v) is 48.9. The zero-order chi connectivity index (χ0) is 96.7. The van der Waals surface area contributed by atoms with Crippen molar-refractivity contribution in [1.29, 1.82) is 0 Å². The highest BCUT2D eigenvalue weighted by molar-refractivity contribution is 6.23. The van der Waals surface area contributed by atoms with Crippen molar-refractivity contribution in [3.8, 4) is 157 Å². The lowest BCUT2D eigenvalue weighted by atomic mass is 9.90. The average molecular weight is 1860 g/mol. The van der Waals surface area contributed by atoms with Crippen LogP contribution < -0.4 is 0 Å². The minimum Gasteiger partial charge on any atom is -0.254 e. The summed E-state index contributed by atoms with van der Waals surface area (Å²) in [4.78, 5) is 61.0. The lowest BCUT2D eigenvalue weighted by molar-refractivity contribution is 1.18. The molecule has 0 atom stereocenters. The van der Waals surface area contributed by atoms with Crippen molar-refractivity contribution in [3.05, 3.63) is 510 Å². The molecule has 0 unspecified atom stereocenters. The van der Waals surface area contributed by atoms with Gasteiger partial charge in [0, 0.05) is 133 Å². The van der Waals surface area contributed by atoms with E-state index in [1.165, 1.54) is 11.1 Å². The van der Waals surface area contributed by atoms with E-state index in [-0.39, 0.29) is 0 Å². The maximum atomic E-state index is 5.26. The fraction of sp³-hybridized carbons (Fsp3) is 0. The van der Waals surface area contributed by atoms with Crippen LogP contribution in [0, 0.1) is 0 Å². The van der Waals surface area contributed by atoms with Crippen LogP contribution in [0.4, 0.5) is 0 Å². The van der Waals surface area contributed by atoms with Gasteiger partial charge >= 0.3 is 0 Å². The fourth-order valence-corrected chi connectivity index (χ4v) is 20.5. The van der Waals surface area contributed by atoms with E-state index in [9.17, 15) is 0 Å². The average Bonchev–Trinajstić information content (AvgIpc) is 0.823. The Hall–Kier alpha value is -19.8. The molecule has 28 aromatic rings. The van der Waals surface area contributed by atoms with Gasteiger partial charge in [-0.05, 0) is 116 Å². The molecule has 0 bridgehead atoms. The van der Waals surface area contributed by atoms with Gasteiger partial charge < -0.3 is 0 Å². The largest absolute Gasteiger partial charge is 0.254 e. The van der Waals surface area contributed by atoms with Gasteiger partial charge in [0.2, 0.25) is 0 Å². The molecule has 28 rings (SSSR count). The summed E-state index contributed by atoms with van der Waals surface area (Å²) in [6, 6.07) is 172. The molecular formula is C134H84N12. The minimum atomic E-state index is 0.686. The van der Waals surface area contributed by atoms with Gasteiger partial charge in [-0.3, -0.25) is 9.97 Å². The van der Waals surface area contributed by atoms with Crippen LogP contribution in [0.25, 0.3) is 277 Å². The third-order valence-corrected chi connectivity index (χ3v) is 27.5. The van der Waals surface area contributed by atoms with E-state index in [2.05, 4.69) is 370 Å². The topological polar surface area (TPSA) is 155 Å². The number of hydrogen-bond acceptors (Lipinski definition) is 12. The van der Waals surface area contributed by atoms with E-state index < -0.39 is 0 Å². The molecule has 0 saturated carbocycles. The van der Waals surface area contributed by atoms with Crippen LogP contribution in [0.3, 0.4) is 0 Å². The summed E-state index contributed by atoms with van der Waals surface area (Å²) in [6.45, 7) is 0. The highest BCUT2D eigenvalue weighted by Gasteiger charge is 2.25. The number of pyridine rings is 6. The van der Waals surface area contributed by atoms with Crippen molar-refractivity contribution in [2.24, 2.45) is 0 Å².